The zero-order chi connectivity index (χ0) is 27.8. The number of hydrogen-bond donors (Lipinski definition) is 2. The third-order valence-corrected chi connectivity index (χ3v) is 6.75. The fourth-order valence-corrected chi connectivity index (χ4v) is 4.64. The summed E-state index contributed by atoms with van der Waals surface area (Å²) in [6, 6.07) is 12.7. The molecule has 0 aliphatic heterocycles. The minimum atomic E-state index is -0.378. The second-order valence-corrected chi connectivity index (χ2v) is 10.1. The first-order valence-corrected chi connectivity index (χ1v) is 12.9. The third-order valence-electron chi connectivity index (χ3n) is 6.75. The standard InChI is InChI=1S/C30H29FN8O/c1-38(2)7-8-40-23-11-18(9-21(31)13-23)28-24-14-27(35-26(24)5-6-33-28)29-25-12-20(16-34-30(25)37-36-29)19-10-22(39(3)4)17-32-15-19/h5-6,9-17,35H,7-8H2,1-4H3,(H,34,36,37). The summed E-state index contributed by atoms with van der Waals surface area (Å²) < 4.78 is 20.4. The van der Waals surface area contributed by atoms with Gasteiger partial charge in [-0.15, -0.1) is 0 Å². The highest BCUT2D eigenvalue weighted by Gasteiger charge is 2.17. The third kappa shape index (κ3) is 4.96. The van der Waals surface area contributed by atoms with Gasteiger partial charge in [0.2, 0.25) is 0 Å². The highest BCUT2D eigenvalue weighted by molar-refractivity contribution is 6.00. The number of nitrogens with zero attached hydrogens (tertiary/aromatic N) is 6. The molecule has 2 N–H and O–H groups in total. The van der Waals surface area contributed by atoms with Crippen LogP contribution in [0.2, 0.25) is 0 Å². The number of pyridine rings is 3. The lowest BCUT2D eigenvalue weighted by Gasteiger charge is -2.12. The summed E-state index contributed by atoms with van der Waals surface area (Å²) in [6.45, 7) is 1.19. The number of aromatic amines is 2. The van der Waals surface area contributed by atoms with Crippen LogP contribution in [0.4, 0.5) is 10.1 Å². The number of ether oxygens (including phenoxy) is 1. The second kappa shape index (κ2) is 10.4. The number of nitrogens with one attached hydrogen (secondary N) is 2. The Morgan fingerprint density at radius 1 is 0.850 bits per heavy atom. The average molecular weight is 537 g/mol. The molecule has 9 nitrogen and oxygen atoms in total. The summed E-state index contributed by atoms with van der Waals surface area (Å²) >= 11 is 0. The summed E-state index contributed by atoms with van der Waals surface area (Å²) in [5.41, 5.74) is 7.27. The molecule has 202 valence electrons. The zero-order valence-electron chi connectivity index (χ0n) is 22.7. The summed E-state index contributed by atoms with van der Waals surface area (Å²) in [6.07, 6.45) is 7.18. The summed E-state index contributed by atoms with van der Waals surface area (Å²) in [5.74, 6) is 0.0905. The molecule has 0 atom stereocenters. The van der Waals surface area contributed by atoms with Crippen LogP contribution in [0, 0.1) is 5.82 Å². The van der Waals surface area contributed by atoms with Crippen LogP contribution in [0.15, 0.2) is 67.3 Å². The molecule has 0 aliphatic carbocycles. The van der Waals surface area contributed by atoms with Gasteiger partial charge in [-0.3, -0.25) is 15.1 Å². The van der Waals surface area contributed by atoms with Crippen LogP contribution in [0.25, 0.3) is 55.7 Å². The van der Waals surface area contributed by atoms with Gasteiger partial charge in [-0.25, -0.2) is 9.37 Å². The van der Waals surface area contributed by atoms with E-state index in [1.54, 1.807) is 6.20 Å². The van der Waals surface area contributed by atoms with Crippen molar-refractivity contribution in [1.82, 2.24) is 35.0 Å². The number of fused-ring (bicyclic) bond motifs is 2. The van der Waals surface area contributed by atoms with Crippen molar-refractivity contribution in [3.05, 3.63) is 73.1 Å². The molecule has 6 rings (SSSR count). The molecule has 40 heavy (non-hydrogen) atoms. The summed E-state index contributed by atoms with van der Waals surface area (Å²) in [4.78, 5) is 21.1. The Kier molecular flexibility index (Phi) is 6.61. The molecule has 0 saturated heterocycles. The van der Waals surface area contributed by atoms with E-state index in [4.69, 9.17) is 4.74 Å². The molecule has 0 saturated carbocycles. The quantitative estimate of drug-likeness (QED) is 0.270. The van der Waals surface area contributed by atoms with Gasteiger partial charge in [0.05, 0.1) is 23.3 Å². The van der Waals surface area contributed by atoms with Crippen LogP contribution in [0.3, 0.4) is 0 Å². The largest absolute Gasteiger partial charge is 0.492 e. The predicted octanol–water partition coefficient (Wildman–Crippen LogP) is 5.38. The molecular formula is C30H29FN8O. The van der Waals surface area contributed by atoms with E-state index < -0.39 is 0 Å². The van der Waals surface area contributed by atoms with Crippen LogP contribution < -0.4 is 9.64 Å². The maximum atomic E-state index is 14.6. The van der Waals surface area contributed by atoms with E-state index >= 15 is 0 Å². The van der Waals surface area contributed by atoms with Gasteiger partial charge in [0.15, 0.2) is 5.65 Å². The molecule has 0 fully saturated rings. The monoisotopic (exact) mass is 536 g/mol. The van der Waals surface area contributed by atoms with Crippen LogP contribution in [-0.2, 0) is 0 Å². The number of rotatable bonds is 8. The van der Waals surface area contributed by atoms with Gasteiger partial charge >= 0.3 is 0 Å². The first-order valence-electron chi connectivity index (χ1n) is 12.9. The highest BCUT2D eigenvalue weighted by atomic mass is 19.1. The van der Waals surface area contributed by atoms with Gasteiger partial charge in [-0.1, -0.05) is 0 Å². The molecule has 0 unspecified atom stereocenters. The van der Waals surface area contributed by atoms with E-state index in [9.17, 15) is 4.39 Å². The Morgan fingerprint density at radius 2 is 1.70 bits per heavy atom. The molecule has 5 heterocycles. The molecule has 0 amide bonds. The molecule has 0 spiro atoms. The predicted molar refractivity (Wildman–Crippen MR) is 156 cm³/mol. The van der Waals surface area contributed by atoms with Crippen LogP contribution in [0.5, 0.6) is 5.75 Å². The van der Waals surface area contributed by atoms with E-state index in [-0.39, 0.29) is 5.82 Å². The van der Waals surface area contributed by atoms with Crippen molar-refractivity contribution in [2.24, 2.45) is 0 Å². The van der Waals surface area contributed by atoms with E-state index in [1.165, 1.54) is 12.1 Å². The van der Waals surface area contributed by atoms with Crippen molar-refractivity contribution in [1.29, 1.82) is 0 Å². The number of hydrogen-bond acceptors (Lipinski definition) is 7. The maximum absolute atomic E-state index is 14.6. The van der Waals surface area contributed by atoms with Crippen molar-refractivity contribution in [3.8, 4) is 39.5 Å². The van der Waals surface area contributed by atoms with Gasteiger partial charge in [-0.05, 0) is 50.5 Å². The molecule has 0 bridgehead atoms. The van der Waals surface area contributed by atoms with E-state index in [0.717, 1.165) is 51.0 Å². The minimum absolute atomic E-state index is 0.378. The summed E-state index contributed by atoms with van der Waals surface area (Å²) in [5, 5.41) is 9.33. The number of aromatic nitrogens is 6. The Bertz CT molecular complexity index is 1820. The molecule has 1 aromatic carbocycles. The molecule has 5 aromatic heterocycles. The van der Waals surface area contributed by atoms with Gasteiger partial charge in [0, 0.05) is 78.3 Å². The SMILES string of the molecule is CN(C)CCOc1cc(F)cc(-c2nccc3[nH]c(-c4n[nH]c5ncc(-c6cncc(N(C)C)c6)cc45)cc23)c1. The van der Waals surface area contributed by atoms with Gasteiger partial charge in [0.25, 0.3) is 0 Å². The molecule has 0 radical (unpaired) electrons. The van der Waals surface area contributed by atoms with E-state index in [2.05, 4.69) is 42.3 Å². The second-order valence-electron chi connectivity index (χ2n) is 10.1. The van der Waals surface area contributed by atoms with Crippen LogP contribution in [0.1, 0.15) is 0 Å². The fraction of sp³-hybridized carbons (Fsp3) is 0.200. The van der Waals surface area contributed by atoms with Gasteiger partial charge < -0.3 is 19.5 Å². The lowest BCUT2D eigenvalue weighted by Crippen LogP contribution is -2.19. The lowest BCUT2D eigenvalue weighted by molar-refractivity contribution is 0.260. The fourth-order valence-electron chi connectivity index (χ4n) is 4.64. The van der Waals surface area contributed by atoms with Gasteiger partial charge in [-0.2, -0.15) is 5.10 Å². The minimum Gasteiger partial charge on any atom is -0.492 e. The average Bonchev–Trinajstić information content (AvgIpc) is 3.56. The summed E-state index contributed by atoms with van der Waals surface area (Å²) in [7, 11) is 7.90. The van der Waals surface area contributed by atoms with Crippen LogP contribution in [-0.4, -0.2) is 76.4 Å². The number of benzene rings is 1. The highest BCUT2D eigenvalue weighted by Crippen LogP contribution is 2.35. The topological polar surface area (TPSA) is 98.8 Å². The number of anilines is 1. The first kappa shape index (κ1) is 25.4. The van der Waals surface area contributed by atoms with Crippen molar-refractivity contribution in [2.75, 3.05) is 46.2 Å². The van der Waals surface area contributed by atoms with Crippen LogP contribution >= 0.6 is 0 Å². The Hall–Kier alpha value is -4.83. The number of likely N-dealkylation sites (N-methyl/N-ethyl adjacent to an activating group) is 1. The number of H-pyrrole nitrogens is 2. The van der Waals surface area contributed by atoms with E-state index in [1.807, 2.05) is 74.8 Å². The first-order chi connectivity index (χ1) is 19.4. The lowest BCUT2D eigenvalue weighted by atomic mass is 10.1. The maximum Gasteiger partial charge on any atom is 0.155 e. The zero-order valence-corrected chi connectivity index (χ0v) is 22.7. The molecule has 6 aromatic rings. The van der Waals surface area contributed by atoms with Crippen molar-refractivity contribution >= 4 is 27.6 Å². The van der Waals surface area contributed by atoms with Crippen molar-refractivity contribution in [3.63, 3.8) is 0 Å². The molecule has 0 aliphatic rings. The number of halogens is 1. The molecule has 10 heteroatoms. The Morgan fingerprint density at radius 3 is 2.52 bits per heavy atom. The van der Waals surface area contributed by atoms with Gasteiger partial charge in [0.1, 0.15) is 23.9 Å². The molecular weight excluding hydrogens is 507 g/mol. The van der Waals surface area contributed by atoms with Crippen molar-refractivity contribution in [2.45, 2.75) is 0 Å². The normalized spacial score (nSPS) is 11.6. The Labute approximate surface area is 230 Å². The Balaban J connectivity index is 1.39. The van der Waals surface area contributed by atoms with E-state index in [0.29, 0.717) is 29.3 Å². The van der Waals surface area contributed by atoms with Crippen molar-refractivity contribution < 1.29 is 9.13 Å². The smallest absolute Gasteiger partial charge is 0.155 e.